The summed E-state index contributed by atoms with van der Waals surface area (Å²) < 4.78 is 33.0. The third-order valence-corrected chi connectivity index (χ3v) is 5.91. The van der Waals surface area contributed by atoms with Crippen LogP contribution in [0.3, 0.4) is 0 Å². The molecule has 0 amide bonds. The minimum atomic E-state index is -0.691. The Morgan fingerprint density at radius 2 is 1.11 bits per heavy atom. The van der Waals surface area contributed by atoms with Gasteiger partial charge < -0.3 is 33.5 Å². The molecule has 0 aliphatic carbocycles. The van der Waals surface area contributed by atoms with Crippen LogP contribution in [0.1, 0.15) is 26.3 Å². The van der Waals surface area contributed by atoms with Crippen molar-refractivity contribution in [1.82, 2.24) is 0 Å². The minimum absolute atomic E-state index is 0.0188. The number of aliphatic hydroxyl groups is 1. The number of carbonyl (C=O) groups excluding carboxylic acids is 3. The lowest BCUT2D eigenvalue weighted by Gasteiger charge is -2.15. The number of esters is 3. The van der Waals surface area contributed by atoms with Gasteiger partial charge in [-0.3, -0.25) is 0 Å². The van der Waals surface area contributed by atoms with Gasteiger partial charge in [0, 0.05) is 28.3 Å². The van der Waals surface area contributed by atoms with E-state index in [0.29, 0.717) is 22.8 Å². The van der Waals surface area contributed by atoms with Crippen LogP contribution in [0, 0.1) is 0 Å². The van der Waals surface area contributed by atoms with E-state index < -0.39 is 17.9 Å². The number of hydrogen-bond donors (Lipinski definition) is 1. The average molecular weight is 603 g/mol. The zero-order valence-electron chi connectivity index (χ0n) is 25.1. The van der Waals surface area contributed by atoms with E-state index in [-0.39, 0.29) is 53.8 Å². The molecular formula is C34H34O10. The normalized spacial score (nSPS) is 10.3. The Balaban J connectivity index is 1.69. The van der Waals surface area contributed by atoms with Gasteiger partial charge in [0.25, 0.3) is 0 Å². The Morgan fingerprint density at radius 3 is 1.68 bits per heavy atom. The van der Waals surface area contributed by atoms with Crippen LogP contribution >= 0.6 is 0 Å². The van der Waals surface area contributed by atoms with E-state index in [1.165, 1.54) is 33.1 Å². The Morgan fingerprint density at radius 1 is 0.614 bits per heavy atom. The van der Waals surface area contributed by atoms with Crippen molar-refractivity contribution in [2.24, 2.45) is 0 Å². The van der Waals surface area contributed by atoms with E-state index in [9.17, 15) is 19.5 Å². The van der Waals surface area contributed by atoms with Crippen LogP contribution in [0.5, 0.6) is 34.5 Å². The SMILES string of the molecule is C=C(C)C(=O)Oc1ccc(-c2ccc(OCCOc3ccc(OC(=O)C(=C)C)c(OC(=O)C(=C)C)c3)c(OC)c2)cc1CO. The van der Waals surface area contributed by atoms with Gasteiger partial charge in [0.1, 0.15) is 24.7 Å². The molecule has 0 heterocycles. The van der Waals surface area contributed by atoms with Crippen molar-refractivity contribution in [3.63, 3.8) is 0 Å². The molecule has 0 radical (unpaired) electrons. The van der Waals surface area contributed by atoms with Gasteiger partial charge in [0.15, 0.2) is 23.0 Å². The lowest BCUT2D eigenvalue weighted by Crippen LogP contribution is -2.13. The zero-order valence-corrected chi connectivity index (χ0v) is 25.1. The van der Waals surface area contributed by atoms with Crippen LogP contribution in [-0.4, -0.2) is 43.3 Å². The van der Waals surface area contributed by atoms with Gasteiger partial charge in [-0.1, -0.05) is 31.9 Å². The van der Waals surface area contributed by atoms with Crippen molar-refractivity contribution in [3.8, 4) is 45.6 Å². The molecule has 0 aromatic heterocycles. The molecule has 0 spiro atoms. The van der Waals surface area contributed by atoms with Crippen LogP contribution < -0.4 is 28.4 Å². The first-order valence-corrected chi connectivity index (χ1v) is 13.4. The van der Waals surface area contributed by atoms with Crippen molar-refractivity contribution in [2.75, 3.05) is 20.3 Å². The Bertz CT molecular complexity index is 1600. The molecule has 0 fully saturated rings. The van der Waals surface area contributed by atoms with Gasteiger partial charge >= 0.3 is 17.9 Å². The standard InChI is InChI=1S/C34H34O10/c1-20(2)32(36)42-27-11-8-23(16-25(27)19-35)24-9-12-28(30(17-24)39-7)41-15-14-40-26-10-13-29(43-33(37)21(3)4)31(18-26)44-34(38)22(5)6/h8-13,16-18,35H,1,3,5,14-15,19H2,2,4,6-7H3. The van der Waals surface area contributed by atoms with E-state index in [1.54, 1.807) is 43.3 Å². The average Bonchev–Trinajstić information content (AvgIpc) is 3.00. The highest BCUT2D eigenvalue weighted by Crippen LogP contribution is 2.35. The summed E-state index contributed by atoms with van der Waals surface area (Å²) in [6.07, 6.45) is 0. The zero-order chi connectivity index (χ0) is 32.4. The highest BCUT2D eigenvalue weighted by molar-refractivity contribution is 5.91. The largest absolute Gasteiger partial charge is 0.493 e. The van der Waals surface area contributed by atoms with E-state index in [1.807, 2.05) is 6.07 Å². The molecule has 0 aliphatic rings. The van der Waals surface area contributed by atoms with Crippen LogP contribution in [0.15, 0.2) is 91.1 Å². The van der Waals surface area contributed by atoms with Crippen LogP contribution in [0.2, 0.25) is 0 Å². The summed E-state index contributed by atoms with van der Waals surface area (Å²) in [4.78, 5) is 36.0. The Labute approximate surface area is 255 Å². The summed E-state index contributed by atoms with van der Waals surface area (Å²) in [6, 6.07) is 14.8. The summed E-state index contributed by atoms with van der Waals surface area (Å²) in [5.41, 5.74) is 2.57. The Kier molecular flexibility index (Phi) is 11.5. The molecule has 3 rings (SSSR count). The molecule has 3 aromatic carbocycles. The number of carbonyl (C=O) groups is 3. The Hall–Kier alpha value is -5.35. The smallest absolute Gasteiger partial charge is 0.338 e. The molecule has 1 N–H and O–H groups in total. The molecule has 10 heteroatoms. The highest BCUT2D eigenvalue weighted by Gasteiger charge is 2.17. The van der Waals surface area contributed by atoms with Gasteiger partial charge in [0.2, 0.25) is 0 Å². The van der Waals surface area contributed by atoms with Crippen molar-refractivity contribution in [3.05, 3.63) is 96.6 Å². The number of rotatable bonds is 14. The fourth-order valence-electron chi connectivity index (χ4n) is 3.56. The predicted octanol–water partition coefficient (Wildman–Crippen LogP) is 5.76. The maximum atomic E-state index is 12.1. The summed E-state index contributed by atoms with van der Waals surface area (Å²) in [6.45, 7) is 15.1. The molecule has 0 unspecified atom stereocenters. The van der Waals surface area contributed by atoms with E-state index in [0.717, 1.165) is 11.1 Å². The molecule has 44 heavy (non-hydrogen) atoms. The van der Waals surface area contributed by atoms with Crippen molar-refractivity contribution < 1.29 is 47.9 Å². The van der Waals surface area contributed by atoms with Crippen molar-refractivity contribution in [1.29, 1.82) is 0 Å². The number of aliphatic hydroxyl groups excluding tert-OH is 1. The number of methoxy groups -OCH3 is 1. The fourth-order valence-corrected chi connectivity index (χ4v) is 3.56. The molecule has 0 aliphatic heterocycles. The highest BCUT2D eigenvalue weighted by atomic mass is 16.6. The fraction of sp³-hybridized carbons (Fsp3) is 0.206. The minimum Gasteiger partial charge on any atom is -0.493 e. The first-order chi connectivity index (χ1) is 20.9. The second-order valence-corrected chi connectivity index (χ2v) is 9.66. The van der Waals surface area contributed by atoms with Crippen molar-refractivity contribution in [2.45, 2.75) is 27.4 Å². The predicted molar refractivity (Wildman–Crippen MR) is 163 cm³/mol. The second-order valence-electron chi connectivity index (χ2n) is 9.66. The molecular weight excluding hydrogens is 568 g/mol. The summed E-state index contributed by atoms with van der Waals surface area (Å²) in [5.74, 6) is -0.419. The second kappa shape index (κ2) is 15.2. The van der Waals surface area contributed by atoms with Crippen LogP contribution in [0.4, 0.5) is 0 Å². The molecule has 0 saturated heterocycles. The maximum absolute atomic E-state index is 12.1. The molecule has 230 valence electrons. The molecule has 0 bridgehead atoms. The summed E-state index contributed by atoms with van der Waals surface area (Å²) >= 11 is 0. The van der Waals surface area contributed by atoms with Gasteiger partial charge in [-0.15, -0.1) is 0 Å². The van der Waals surface area contributed by atoms with E-state index in [4.69, 9.17) is 28.4 Å². The van der Waals surface area contributed by atoms with Crippen molar-refractivity contribution >= 4 is 17.9 Å². The summed E-state index contributed by atoms with van der Waals surface area (Å²) in [7, 11) is 1.51. The summed E-state index contributed by atoms with van der Waals surface area (Å²) in [5, 5.41) is 9.81. The molecule has 10 nitrogen and oxygen atoms in total. The monoisotopic (exact) mass is 602 g/mol. The number of ether oxygens (including phenoxy) is 6. The van der Waals surface area contributed by atoms with Gasteiger partial charge in [-0.25, -0.2) is 14.4 Å². The van der Waals surface area contributed by atoms with E-state index >= 15 is 0 Å². The van der Waals surface area contributed by atoms with E-state index in [2.05, 4.69) is 19.7 Å². The lowest BCUT2D eigenvalue weighted by atomic mass is 10.0. The van der Waals surface area contributed by atoms with Crippen LogP contribution in [-0.2, 0) is 21.0 Å². The van der Waals surface area contributed by atoms with Gasteiger partial charge in [0.05, 0.1) is 13.7 Å². The first-order valence-electron chi connectivity index (χ1n) is 13.4. The molecule has 3 aromatic rings. The third-order valence-electron chi connectivity index (χ3n) is 5.91. The molecule has 0 saturated carbocycles. The topological polar surface area (TPSA) is 127 Å². The molecule has 0 atom stereocenters. The van der Waals surface area contributed by atoms with Gasteiger partial charge in [-0.05, 0) is 68.3 Å². The number of hydrogen-bond acceptors (Lipinski definition) is 10. The van der Waals surface area contributed by atoms with Gasteiger partial charge in [-0.2, -0.15) is 0 Å². The third kappa shape index (κ3) is 8.83. The first kappa shape index (κ1) is 33.2. The lowest BCUT2D eigenvalue weighted by molar-refractivity contribution is -0.132. The maximum Gasteiger partial charge on any atom is 0.338 e. The quantitative estimate of drug-likeness (QED) is 0.105. The number of benzene rings is 3. The van der Waals surface area contributed by atoms with Crippen LogP contribution in [0.25, 0.3) is 11.1 Å².